The molecule has 2 aromatic rings. The fraction of sp³-hybridized carbons (Fsp3) is 0.0714. The van der Waals surface area contributed by atoms with Crippen LogP contribution in [-0.2, 0) is 4.79 Å². The average molecular weight is 242 g/mol. The number of nitrogens with two attached hydrogens (primary N) is 2. The highest BCUT2D eigenvalue weighted by Crippen LogP contribution is 2.22. The third-order valence-corrected chi connectivity index (χ3v) is 2.52. The van der Waals surface area contributed by atoms with Crippen LogP contribution in [0.1, 0.15) is 11.6 Å². The molecule has 0 aromatic heterocycles. The molecule has 0 aliphatic rings. The summed E-state index contributed by atoms with van der Waals surface area (Å²) in [6.45, 7) is 0. The van der Waals surface area contributed by atoms with E-state index in [1.54, 1.807) is 24.3 Å². The molecule has 92 valence electrons. The largest absolute Gasteiger partial charge is 0.457 e. The van der Waals surface area contributed by atoms with Gasteiger partial charge in [0.25, 0.3) is 0 Å². The molecule has 4 nitrogen and oxygen atoms in total. The van der Waals surface area contributed by atoms with Gasteiger partial charge < -0.3 is 16.2 Å². The van der Waals surface area contributed by atoms with E-state index in [1.165, 1.54) is 0 Å². The minimum atomic E-state index is -0.782. The monoisotopic (exact) mass is 242 g/mol. The van der Waals surface area contributed by atoms with Crippen molar-refractivity contribution in [2.45, 2.75) is 6.04 Å². The van der Waals surface area contributed by atoms with E-state index in [0.29, 0.717) is 11.3 Å². The number of primary amides is 1. The number of benzene rings is 2. The maximum Gasteiger partial charge on any atom is 0.238 e. The quantitative estimate of drug-likeness (QED) is 0.860. The van der Waals surface area contributed by atoms with Crippen LogP contribution in [0.3, 0.4) is 0 Å². The number of amides is 1. The van der Waals surface area contributed by atoms with E-state index in [-0.39, 0.29) is 0 Å². The predicted octanol–water partition coefficient (Wildman–Crippen LogP) is 1.96. The molecule has 2 rings (SSSR count). The topological polar surface area (TPSA) is 78.3 Å². The fourth-order valence-corrected chi connectivity index (χ4v) is 1.53. The molecule has 1 unspecified atom stereocenters. The van der Waals surface area contributed by atoms with Crippen LogP contribution in [0.2, 0.25) is 0 Å². The second kappa shape index (κ2) is 5.33. The van der Waals surface area contributed by atoms with Crippen LogP contribution in [-0.4, -0.2) is 5.91 Å². The Bertz CT molecular complexity index is 523. The normalized spacial score (nSPS) is 11.8. The van der Waals surface area contributed by atoms with Crippen molar-refractivity contribution in [3.8, 4) is 11.5 Å². The Kier molecular flexibility index (Phi) is 3.60. The van der Waals surface area contributed by atoms with Crippen molar-refractivity contribution < 1.29 is 9.53 Å². The minimum absolute atomic E-state index is 0.549. The van der Waals surface area contributed by atoms with Gasteiger partial charge in [0, 0.05) is 0 Å². The van der Waals surface area contributed by atoms with E-state index in [2.05, 4.69) is 0 Å². The molecule has 0 heterocycles. The maximum atomic E-state index is 10.9. The second-order valence-corrected chi connectivity index (χ2v) is 3.86. The standard InChI is InChI=1S/C14H14N2O2/c15-13(14(16)17)10-6-8-12(9-7-10)18-11-4-2-1-3-5-11/h1-9,13H,15H2,(H2,16,17). The number of rotatable bonds is 4. The fourth-order valence-electron chi connectivity index (χ4n) is 1.53. The molecule has 0 fully saturated rings. The van der Waals surface area contributed by atoms with Gasteiger partial charge in [-0.3, -0.25) is 4.79 Å². The van der Waals surface area contributed by atoms with Crippen LogP contribution in [0, 0.1) is 0 Å². The molecule has 4 heteroatoms. The first-order valence-corrected chi connectivity index (χ1v) is 5.54. The first-order valence-electron chi connectivity index (χ1n) is 5.54. The second-order valence-electron chi connectivity index (χ2n) is 3.86. The van der Waals surface area contributed by atoms with Crippen LogP contribution < -0.4 is 16.2 Å². The third kappa shape index (κ3) is 2.87. The van der Waals surface area contributed by atoms with Crippen LogP contribution in [0.15, 0.2) is 54.6 Å². The third-order valence-electron chi connectivity index (χ3n) is 2.52. The molecular weight excluding hydrogens is 228 g/mol. The number of para-hydroxylation sites is 1. The SMILES string of the molecule is NC(=O)C(N)c1ccc(Oc2ccccc2)cc1. The number of carbonyl (C=O) groups excluding carboxylic acids is 1. The van der Waals surface area contributed by atoms with Crippen molar-refractivity contribution >= 4 is 5.91 Å². The highest BCUT2D eigenvalue weighted by atomic mass is 16.5. The van der Waals surface area contributed by atoms with E-state index in [9.17, 15) is 4.79 Å². The Morgan fingerprint density at radius 3 is 2.06 bits per heavy atom. The molecule has 0 saturated carbocycles. The van der Waals surface area contributed by atoms with Gasteiger partial charge in [0.15, 0.2) is 0 Å². The summed E-state index contributed by atoms with van der Waals surface area (Å²) in [6.07, 6.45) is 0. The maximum absolute atomic E-state index is 10.9. The molecule has 18 heavy (non-hydrogen) atoms. The Labute approximate surface area is 105 Å². The number of hydrogen-bond donors (Lipinski definition) is 2. The lowest BCUT2D eigenvalue weighted by Crippen LogP contribution is -2.28. The van der Waals surface area contributed by atoms with E-state index in [0.717, 1.165) is 5.75 Å². The molecule has 0 spiro atoms. The van der Waals surface area contributed by atoms with Crippen molar-refractivity contribution in [3.05, 3.63) is 60.2 Å². The molecule has 2 aromatic carbocycles. The van der Waals surface area contributed by atoms with Crippen molar-refractivity contribution in [2.24, 2.45) is 11.5 Å². The van der Waals surface area contributed by atoms with Crippen molar-refractivity contribution in [1.82, 2.24) is 0 Å². The van der Waals surface area contributed by atoms with Gasteiger partial charge >= 0.3 is 0 Å². The zero-order valence-corrected chi connectivity index (χ0v) is 9.74. The van der Waals surface area contributed by atoms with Crippen LogP contribution in [0.4, 0.5) is 0 Å². The smallest absolute Gasteiger partial charge is 0.238 e. The Morgan fingerprint density at radius 1 is 0.944 bits per heavy atom. The molecule has 0 bridgehead atoms. The highest BCUT2D eigenvalue weighted by Gasteiger charge is 2.11. The summed E-state index contributed by atoms with van der Waals surface area (Å²) in [5.41, 5.74) is 11.4. The first kappa shape index (κ1) is 12.1. The lowest BCUT2D eigenvalue weighted by molar-refractivity contribution is -0.119. The summed E-state index contributed by atoms with van der Waals surface area (Å²) in [6, 6.07) is 15.6. The van der Waals surface area contributed by atoms with Gasteiger partial charge in [-0.25, -0.2) is 0 Å². The van der Waals surface area contributed by atoms with Crippen LogP contribution >= 0.6 is 0 Å². The van der Waals surface area contributed by atoms with Gasteiger partial charge in [0.1, 0.15) is 17.5 Å². The zero-order valence-electron chi connectivity index (χ0n) is 9.74. The van der Waals surface area contributed by atoms with E-state index in [4.69, 9.17) is 16.2 Å². The van der Waals surface area contributed by atoms with Gasteiger partial charge in [-0.05, 0) is 29.8 Å². The molecular formula is C14H14N2O2. The molecule has 0 aliphatic heterocycles. The molecule has 0 saturated heterocycles. The van der Waals surface area contributed by atoms with E-state index in [1.807, 2.05) is 30.3 Å². The van der Waals surface area contributed by atoms with Gasteiger partial charge in [-0.15, -0.1) is 0 Å². The van der Waals surface area contributed by atoms with Crippen molar-refractivity contribution in [1.29, 1.82) is 0 Å². The van der Waals surface area contributed by atoms with Crippen molar-refractivity contribution in [2.75, 3.05) is 0 Å². The summed E-state index contributed by atoms with van der Waals surface area (Å²) in [4.78, 5) is 10.9. The summed E-state index contributed by atoms with van der Waals surface area (Å²) in [5.74, 6) is 0.887. The van der Waals surface area contributed by atoms with Crippen molar-refractivity contribution in [3.63, 3.8) is 0 Å². The Morgan fingerprint density at radius 2 is 1.50 bits per heavy atom. The van der Waals surface area contributed by atoms with Crippen LogP contribution in [0.5, 0.6) is 11.5 Å². The van der Waals surface area contributed by atoms with Gasteiger partial charge in [0.2, 0.25) is 5.91 Å². The highest BCUT2D eigenvalue weighted by molar-refractivity contribution is 5.81. The average Bonchev–Trinajstić information content (AvgIpc) is 2.40. The molecule has 1 atom stereocenters. The molecule has 4 N–H and O–H groups in total. The van der Waals surface area contributed by atoms with Crippen LogP contribution in [0.25, 0.3) is 0 Å². The number of carbonyl (C=O) groups is 1. The summed E-state index contributed by atoms with van der Waals surface area (Å²) >= 11 is 0. The Hall–Kier alpha value is -2.33. The van der Waals surface area contributed by atoms with Gasteiger partial charge in [-0.1, -0.05) is 30.3 Å². The first-order chi connectivity index (χ1) is 8.66. The lowest BCUT2D eigenvalue weighted by atomic mass is 10.1. The predicted molar refractivity (Wildman–Crippen MR) is 69.1 cm³/mol. The van der Waals surface area contributed by atoms with E-state index < -0.39 is 11.9 Å². The molecule has 0 aliphatic carbocycles. The summed E-state index contributed by atoms with van der Waals surface area (Å²) < 4.78 is 5.62. The van der Waals surface area contributed by atoms with Gasteiger partial charge in [-0.2, -0.15) is 0 Å². The number of ether oxygens (including phenoxy) is 1. The van der Waals surface area contributed by atoms with Gasteiger partial charge in [0.05, 0.1) is 0 Å². The molecule has 1 amide bonds. The zero-order chi connectivity index (χ0) is 13.0. The summed E-state index contributed by atoms with van der Waals surface area (Å²) in [7, 11) is 0. The number of hydrogen-bond acceptors (Lipinski definition) is 3. The Balaban J connectivity index is 2.11. The molecule has 0 radical (unpaired) electrons. The summed E-state index contributed by atoms with van der Waals surface area (Å²) in [5, 5.41) is 0. The lowest BCUT2D eigenvalue weighted by Gasteiger charge is -2.09. The minimum Gasteiger partial charge on any atom is -0.457 e. The van der Waals surface area contributed by atoms with E-state index >= 15 is 0 Å².